The van der Waals surface area contributed by atoms with Crippen LogP contribution in [0.3, 0.4) is 0 Å². The Balaban J connectivity index is 1.92. The van der Waals surface area contributed by atoms with Gasteiger partial charge in [0.05, 0.1) is 13.2 Å². The Bertz CT molecular complexity index is 429. The number of hydrogen-bond donors (Lipinski definition) is 1. The number of rotatable bonds is 6. The van der Waals surface area contributed by atoms with Crippen molar-refractivity contribution in [2.45, 2.75) is 25.4 Å². The number of benzene rings is 1. The van der Waals surface area contributed by atoms with Crippen LogP contribution < -0.4 is 10.1 Å². The summed E-state index contributed by atoms with van der Waals surface area (Å²) >= 11 is 0. The summed E-state index contributed by atoms with van der Waals surface area (Å²) in [6, 6.07) is 7.73. The molecule has 0 aromatic heterocycles. The Morgan fingerprint density at radius 1 is 1.42 bits per heavy atom. The second-order valence-electron chi connectivity index (χ2n) is 4.87. The minimum atomic E-state index is -0.140. The van der Waals surface area contributed by atoms with E-state index >= 15 is 0 Å². The van der Waals surface area contributed by atoms with Crippen LogP contribution in [0.2, 0.25) is 0 Å². The van der Waals surface area contributed by atoms with Crippen molar-refractivity contribution in [3.05, 3.63) is 29.8 Å². The number of amides is 1. The van der Waals surface area contributed by atoms with Gasteiger partial charge >= 0.3 is 0 Å². The molecule has 1 amide bonds. The number of hydrogen-bond acceptors (Lipinski definition) is 3. The lowest BCUT2D eigenvalue weighted by molar-refractivity contribution is -0.127. The molecule has 0 heterocycles. The summed E-state index contributed by atoms with van der Waals surface area (Å²) in [6.45, 7) is 0.499. The van der Waals surface area contributed by atoms with Gasteiger partial charge in [0.15, 0.2) is 0 Å². The lowest BCUT2D eigenvalue weighted by atomic mass is 9.85. The van der Waals surface area contributed by atoms with Crippen LogP contribution in [0, 0.1) is 5.92 Å². The second kappa shape index (κ2) is 6.57. The number of methoxy groups -OCH3 is 2. The largest absolute Gasteiger partial charge is 0.497 e. The number of nitrogens with one attached hydrogen (secondary N) is 1. The highest BCUT2D eigenvalue weighted by Crippen LogP contribution is 2.26. The molecule has 0 radical (unpaired) electrons. The van der Waals surface area contributed by atoms with E-state index in [1.54, 1.807) is 14.2 Å². The summed E-state index contributed by atoms with van der Waals surface area (Å²) < 4.78 is 10.6. The van der Waals surface area contributed by atoms with Crippen molar-refractivity contribution in [2.75, 3.05) is 20.8 Å². The fourth-order valence-electron chi connectivity index (χ4n) is 2.19. The predicted molar refractivity (Wildman–Crippen MR) is 73.1 cm³/mol. The molecule has 1 saturated carbocycles. The summed E-state index contributed by atoms with van der Waals surface area (Å²) in [5.74, 6) is 1.16. The SMILES string of the molecule is COc1cccc(C(CNC(=O)C2CCC2)OC)c1. The Morgan fingerprint density at radius 2 is 2.21 bits per heavy atom. The van der Waals surface area contributed by atoms with E-state index in [0.717, 1.165) is 24.2 Å². The van der Waals surface area contributed by atoms with E-state index in [1.807, 2.05) is 24.3 Å². The summed E-state index contributed by atoms with van der Waals surface area (Å²) in [4.78, 5) is 11.8. The molecule has 1 aromatic rings. The summed E-state index contributed by atoms with van der Waals surface area (Å²) in [5, 5.41) is 2.97. The molecule has 1 atom stereocenters. The third-order valence-electron chi connectivity index (χ3n) is 3.69. The summed E-state index contributed by atoms with van der Waals surface area (Å²) in [5.41, 5.74) is 1.01. The highest BCUT2D eigenvalue weighted by molar-refractivity contribution is 5.79. The normalized spacial score (nSPS) is 16.5. The van der Waals surface area contributed by atoms with Gasteiger partial charge in [-0.3, -0.25) is 4.79 Å². The Hall–Kier alpha value is -1.55. The average Bonchev–Trinajstić information content (AvgIpc) is 2.37. The molecule has 1 aliphatic rings. The van der Waals surface area contributed by atoms with E-state index in [1.165, 1.54) is 6.42 Å². The minimum Gasteiger partial charge on any atom is -0.497 e. The zero-order chi connectivity index (χ0) is 13.7. The van der Waals surface area contributed by atoms with Gasteiger partial charge in [-0.05, 0) is 30.5 Å². The van der Waals surface area contributed by atoms with Crippen LogP contribution in [-0.4, -0.2) is 26.7 Å². The molecule has 19 heavy (non-hydrogen) atoms. The smallest absolute Gasteiger partial charge is 0.223 e. The van der Waals surface area contributed by atoms with Gasteiger partial charge in [-0.25, -0.2) is 0 Å². The molecule has 1 aliphatic carbocycles. The highest BCUT2D eigenvalue weighted by Gasteiger charge is 2.25. The van der Waals surface area contributed by atoms with Crippen LogP contribution >= 0.6 is 0 Å². The van der Waals surface area contributed by atoms with E-state index in [9.17, 15) is 4.79 Å². The molecule has 104 valence electrons. The Kier molecular flexibility index (Phi) is 4.80. The molecule has 2 rings (SSSR count). The zero-order valence-electron chi connectivity index (χ0n) is 11.5. The molecular weight excluding hydrogens is 242 g/mol. The molecule has 1 N–H and O–H groups in total. The van der Waals surface area contributed by atoms with Crippen LogP contribution in [0.4, 0.5) is 0 Å². The van der Waals surface area contributed by atoms with Crippen molar-refractivity contribution in [2.24, 2.45) is 5.92 Å². The third-order valence-corrected chi connectivity index (χ3v) is 3.69. The maximum Gasteiger partial charge on any atom is 0.223 e. The second-order valence-corrected chi connectivity index (χ2v) is 4.87. The van der Waals surface area contributed by atoms with E-state index in [4.69, 9.17) is 9.47 Å². The van der Waals surface area contributed by atoms with Crippen molar-refractivity contribution in [3.8, 4) is 5.75 Å². The van der Waals surface area contributed by atoms with Gasteiger partial charge in [-0.2, -0.15) is 0 Å². The maximum atomic E-state index is 11.8. The molecule has 4 heteroatoms. The average molecular weight is 263 g/mol. The first kappa shape index (κ1) is 13.9. The number of ether oxygens (including phenoxy) is 2. The number of carbonyl (C=O) groups is 1. The fourth-order valence-corrected chi connectivity index (χ4v) is 2.19. The monoisotopic (exact) mass is 263 g/mol. The molecule has 4 nitrogen and oxygen atoms in total. The minimum absolute atomic E-state index is 0.140. The molecular formula is C15H21NO3. The van der Waals surface area contributed by atoms with Gasteiger partial charge in [-0.1, -0.05) is 18.6 Å². The van der Waals surface area contributed by atoms with Gasteiger partial charge in [0.2, 0.25) is 5.91 Å². The van der Waals surface area contributed by atoms with Gasteiger partial charge in [0.1, 0.15) is 5.75 Å². The quantitative estimate of drug-likeness (QED) is 0.856. The molecule has 0 bridgehead atoms. The standard InChI is InChI=1S/C15H21NO3/c1-18-13-8-4-7-12(9-13)14(19-2)10-16-15(17)11-5-3-6-11/h4,7-9,11,14H,3,5-6,10H2,1-2H3,(H,16,17). The van der Waals surface area contributed by atoms with E-state index in [0.29, 0.717) is 6.54 Å². The summed E-state index contributed by atoms with van der Waals surface area (Å²) in [7, 11) is 3.29. The highest BCUT2D eigenvalue weighted by atomic mass is 16.5. The molecule has 1 fully saturated rings. The number of carbonyl (C=O) groups excluding carboxylic acids is 1. The van der Waals surface area contributed by atoms with Crippen LogP contribution in [0.5, 0.6) is 5.75 Å². The van der Waals surface area contributed by atoms with Crippen LogP contribution in [-0.2, 0) is 9.53 Å². The molecule has 1 aromatic carbocycles. The lowest BCUT2D eigenvalue weighted by Crippen LogP contribution is -2.37. The zero-order valence-corrected chi connectivity index (χ0v) is 11.5. The van der Waals surface area contributed by atoms with Gasteiger partial charge in [-0.15, -0.1) is 0 Å². The van der Waals surface area contributed by atoms with Crippen LogP contribution in [0.25, 0.3) is 0 Å². The van der Waals surface area contributed by atoms with E-state index in [-0.39, 0.29) is 17.9 Å². The Morgan fingerprint density at radius 3 is 2.79 bits per heavy atom. The first-order valence-corrected chi connectivity index (χ1v) is 6.69. The van der Waals surface area contributed by atoms with Crippen molar-refractivity contribution >= 4 is 5.91 Å². The van der Waals surface area contributed by atoms with Gasteiger partial charge in [0, 0.05) is 19.6 Å². The van der Waals surface area contributed by atoms with Crippen molar-refractivity contribution in [1.82, 2.24) is 5.32 Å². The van der Waals surface area contributed by atoms with Crippen LogP contribution in [0.1, 0.15) is 30.9 Å². The molecule has 0 saturated heterocycles. The van der Waals surface area contributed by atoms with E-state index < -0.39 is 0 Å². The van der Waals surface area contributed by atoms with Gasteiger partial charge in [0.25, 0.3) is 0 Å². The van der Waals surface area contributed by atoms with E-state index in [2.05, 4.69) is 5.32 Å². The van der Waals surface area contributed by atoms with Crippen molar-refractivity contribution in [1.29, 1.82) is 0 Å². The van der Waals surface area contributed by atoms with Crippen molar-refractivity contribution in [3.63, 3.8) is 0 Å². The predicted octanol–water partition coefficient (Wildman–Crippen LogP) is 2.30. The summed E-state index contributed by atoms with van der Waals surface area (Å²) in [6.07, 6.45) is 3.06. The topological polar surface area (TPSA) is 47.6 Å². The van der Waals surface area contributed by atoms with Crippen LogP contribution in [0.15, 0.2) is 24.3 Å². The molecule has 0 aliphatic heterocycles. The molecule has 1 unspecified atom stereocenters. The maximum absolute atomic E-state index is 11.8. The lowest BCUT2D eigenvalue weighted by Gasteiger charge is -2.25. The third kappa shape index (κ3) is 3.47. The molecule has 0 spiro atoms. The fraction of sp³-hybridized carbons (Fsp3) is 0.533. The Labute approximate surface area is 114 Å². The van der Waals surface area contributed by atoms with Gasteiger partial charge < -0.3 is 14.8 Å². The first-order chi connectivity index (χ1) is 9.24. The first-order valence-electron chi connectivity index (χ1n) is 6.69. The van der Waals surface area contributed by atoms with Crippen molar-refractivity contribution < 1.29 is 14.3 Å².